The van der Waals surface area contributed by atoms with Gasteiger partial charge in [-0.2, -0.15) is 17.8 Å². The number of ether oxygens (including phenoxy) is 1. The standard InChI is InChI=1S/C8H13N3O4S/c1-10(2)16(13,14)11-8(6-15-3)4-7(5-12)9-11/h4-5H,6H2,1-3H3. The second kappa shape index (κ2) is 4.73. The number of aromatic nitrogens is 2. The number of hydrogen-bond donors (Lipinski definition) is 0. The molecule has 7 nitrogen and oxygen atoms in total. The largest absolute Gasteiger partial charge is 0.378 e. The van der Waals surface area contributed by atoms with Crippen LogP contribution in [0.3, 0.4) is 0 Å². The van der Waals surface area contributed by atoms with Crippen LogP contribution in [0.1, 0.15) is 16.2 Å². The van der Waals surface area contributed by atoms with Gasteiger partial charge < -0.3 is 4.74 Å². The molecule has 8 heteroatoms. The van der Waals surface area contributed by atoms with Crippen molar-refractivity contribution in [3.8, 4) is 0 Å². The van der Waals surface area contributed by atoms with Crippen molar-refractivity contribution in [2.45, 2.75) is 6.61 Å². The third-order valence-corrected chi connectivity index (χ3v) is 3.54. The van der Waals surface area contributed by atoms with Crippen LogP contribution < -0.4 is 0 Å². The zero-order chi connectivity index (χ0) is 12.3. The van der Waals surface area contributed by atoms with Gasteiger partial charge in [0, 0.05) is 21.2 Å². The summed E-state index contributed by atoms with van der Waals surface area (Å²) in [6, 6.07) is 1.37. The monoisotopic (exact) mass is 247 g/mol. The van der Waals surface area contributed by atoms with E-state index in [-0.39, 0.29) is 12.3 Å². The van der Waals surface area contributed by atoms with Crippen molar-refractivity contribution >= 4 is 16.5 Å². The first-order chi connectivity index (χ1) is 7.43. The minimum Gasteiger partial charge on any atom is -0.378 e. The molecule has 1 aromatic heterocycles. The lowest BCUT2D eigenvalue weighted by Crippen LogP contribution is -2.31. The summed E-state index contributed by atoms with van der Waals surface area (Å²) in [5.74, 6) is 0. The average Bonchev–Trinajstić information content (AvgIpc) is 2.62. The maximum absolute atomic E-state index is 11.8. The van der Waals surface area contributed by atoms with Crippen molar-refractivity contribution in [2.75, 3.05) is 21.2 Å². The Morgan fingerprint density at radius 2 is 2.19 bits per heavy atom. The Balaban J connectivity index is 3.31. The van der Waals surface area contributed by atoms with Crippen LogP contribution in [-0.2, 0) is 21.6 Å². The number of carbonyl (C=O) groups is 1. The Morgan fingerprint density at radius 1 is 1.56 bits per heavy atom. The zero-order valence-electron chi connectivity index (χ0n) is 9.24. The summed E-state index contributed by atoms with van der Waals surface area (Å²) in [6.07, 6.45) is 0.487. The first kappa shape index (κ1) is 12.8. The predicted octanol–water partition coefficient (Wildman–Crippen LogP) is -0.503. The molecular formula is C8H13N3O4S. The molecule has 0 amide bonds. The second-order valence-electron chi connectivity index (χ2n) is 3.24. The maximum atomic E-state index is 11.8. The summed E-state index contributed by atoms with van der Waals surface area (Å²) >= 11 is 0. The molecule has 0 unspecified atom stereocenters. The number of nitrogens with zero attached hydrogens (tertiary/aromatic N) is 3. The maximum Gasteiger partial charge on any atom is 0.322 e. The van der Waals surface area contributed by atoms with Crippen LogP contribution in [0.2, 0.25) is 0 Å². The minimum atomic E-state index is -3.72. The molecule has 0 saturated carbocycles. The van der Waals surface area contributed by atoms with Gasteiger partial charge >= 0.3 is 10.2 Å². The van der Waals surface area contributed by atoms with Crippen LogP contribution >= 0.6 is 0 Å². The van der Waals surface area contributed by atoms with Gasteiger partial charge in [-0.25, -0.2) is 0 Å². The zero-order valence-corrected chi connectivity index (χ0v) is 10.1. The molecule has 0 fully saturated rings. The van der Waals surface area contributed by atoms with Crippen molar-refractivity contribution in [3.63, 3.8) is 0 Å². The number of carbonyl (C=O) groups excluding carboxylic acids is 1. The normalized spacial score (nSPS) is 12.0. The molecule has 0 saturated heterocycles. The van der Waals surface area contributed by atoms with Gasteiger partial charge in [-0.15, -0.1) is 4.09 Å². The highest BCUT2D eigenvalue weighted by molar-refractivity contribution is 7.87. The van der Waals surface area contributed by atoms with Gasteiger partial charge in [-0.1, -0.05) is 0 Å². The van der Waals surface area contributed by atoms with E-state index in [4.69, 9.17) is 4.74 Å². The lowest BCUT2D eigenvalue weighted by Gasteiger charge is -2.13. The van der Waals surface area contributed by atoms with Crippen LogP contribution in [-0.4, -0.2) is 49.4 Å². The molecule has 1 aromatic rings. The second-order valence-corrected chi connectivity index (χ2v) is 5.22. The minimum absolute atomic E-state index is 0.0532. The van der Waals surface area contributed by atoms with Gasteiger partial charge in [0.1, 0.15) is 5.69 Å². The molecule has 0 atom stereocenters. The fourth-order valence-corrected chi connectivity index (χ4v) is 1.99. The molecule has 0 spiro atoms. The molecule has 0 radical (unpaired) electrons. The molecule has 16 heavy (non-hydrogen) atoms. The SMILES string of the molecule is COCc1cc(C=O)nn1S(=O)(=O)N(C)C. The number of methoxy groups -OCH3 is 1. The van der Waals surface area contributed by atoms with Crippen molar-refractivity contribution in [3.05, 3.63) is 17.5 Å². The average molecular weight is 247 g/mol. The number of hydrogen-bond acceptors (Lipinski definition) is 5. The third-order valence-electron chi connectivity index (χ3n) is 1.86. The van der Waals surface area contributed by atoms with E-state index < -0.39 is 10.2 Å². The highest BCUT2D eigenvalue weighted by atomic mass is 32.2. The van der Waals surface area contributed by atoms with E-state index in [1.54, 1.807) is 0 Å². The first-order valence-electron chi connectivity index (χ1n) is 4.39. The molecule has 0 aliphatic heterocycles. The van der Waals surface area contributed by atoms with Crippen LogP contribution in [0.25, 0.3) is 0 Å². The summed E-state index contributed by atoms with van der Waals surface area (Å²) < 4.78 is 30.3. The van der Waals surface area contributed by atoms with E-state index in [9.17, 15) is 13.2 Å². The fourth-order valence-electron chi connectivity index (χ4n) is 1.08. The van der Waals surface area contributed by atoms with Crippen LogP contribution in [0, 0.1) is 0 Å². The quantitative estimate of drug-likeness (QED) is 0.655. The molecule has 0 bridgehead atoms. The first-order valence-corrected chi connectivity index (χ1v) is 5.79. The van der Waals surface area contributed by atoms with Gasteiger partial charge in [0.25, 0.3) is 0 Å². The van der Waals surface area contributed by atoms with Crippen molar-refractivity contribution in [1.29, 1.82) is 0 Å². The molecule has 90 valence electrons. The lowest BCUT2D eigenvalue weighted by atomic mass is 10.4. The van der Waals surface area contributed by atoms with Gasteiger partial charge in [0.2, 0.25) is 0 Å². The van der Waals surface area contributed by atoms with E-state index >= 15 is 0 Å². The lowest BCUT2D eigenvalue weighted by molar-refractivity contribution is 0.111. The van der Waals surface area contributed by atoms with Crippen LogP contribution in [0.5, 0.6) is 0 Å². The summed E-state index contributed by atoms with van der Waals surface area (Å²) in [7, 11) is 0.478. The molecule has 1 heterocycles. The topological polar surface area (TPSA) is 81.5 Å². The molecule has 1 rings (SSSR count). The highest BCUT2D eigenvalue weighted by Crippen LogP contribution is 2.09. The Bertz CT molecular complexity index is 477. The van der Waals surface area contributed by atoms with E-state index in [1.165, 1.54) is 27.3 Å². The summed E-state index contributed by atoms with van der Waals surface area (Å²) in [5, 5.41) is 3.68. The van der Waals surface area contributed by atoms with Crippen molar-refractivity contribution in [1.82, 2.24) is 13.5 Å². The number of rotatable bonds is 5. The van der Waals surface area contributed by atoms with Crippen LogP contribution in [0.4, 0.5) is 0 Å². The van der Waals surface area contributed by atoms with Gasteiger partial charge in [-0.05, 0) is 6.07 Å². The summed E-state index contributed by atoms with van der Waals surface area (Å²) in [4.78, 5) is 10.5. The fraction of sp³-hybridized carbons (Fsp3) is 0.500. The van der Waals surface area contributed by atoms with E-state index in [0.29, 0.717) is 12.0 Å². The third kappa shape index (κ3) is 2.29. The molecule has 0 aliphatic carbocycles. The van der Waals surface area contributed by atoms with Crippen molar-refractivity contribution < 1.29 is 17.9 Å². The molecule has 0 N–H and O–H groups in total. The van der Waals surface area contributed by atoms with Crippen LogP contribution in [0.15, 0.2) is 6.07 Å². The molecule has 0 aliphatic rings. The smallest absolute Gasteiger partial charge is 0.322 e. The van der Waals surface area contributed by atoms with Gasteiger partial charge in [0.05, 0.1) is 12.3 Å². The number of aldehydes is 1. The van der Waals surface area contributed by atoms with E-state index in [1.807, 2.05) is 0 Å². The Labute approximate surface area is 93.8 Å². The Hall–Kier alpha value is -1.25. The van der Waals surface area contributed by atoms with E-state index in [0.717, 1.165) is 8.39 Å². The predicted molar refractivity (Wildman–Crippen MR) is 56.3 cm³/mol. The Morgan fingerprint density at radius 3 is 2.62 bits per heavy atom. The Kier molecular flexibility index (Phi) is 3.79. The summed E-state index contributed by atoms with van der Waals surface area (Å²) in [6.45, 7) is 0.0634. The van der Waals surface area contributed by atoms with Crippen molar-refractivity contribution in [2.24, 2.45) is 0 Å². The molecular weight excluding hydrogens is 234 g/mol. The van der Waals surface area contributed by atoms with Gasteiger partial charge in [0.15, 0.2) is 6.29 Å². The van der Waals surface area contributed by atoms with Gasteiger partial charge in [-0.3, -0.25) is 4.79 Å². The van der Waals surface area contributed by atoms with E-state index in [2.05, 4.69) is 5.10 Å². The highest BCUT2D eigenvalue weighted by Gasteiger charge is 2.22. The summed E-state index contributed by atoms with van der Waals surface area (Å²) in [5.41, 5.74) is 0.357. The molecule has 0 aromatic carbocycles.